The number of nitrogens with zero attached hydrogens (tertiary/aromatic N) is 2. The van der Waals surface area contributed by atoms with Gasteiger partial charge in [-0.25, -0.2) is 4.98 Å². The van der Waals surface area contributed by atoms with Gasteiger partial charge in [0.15, 0.2) is 0 Å². The van der Waals surface area contributed by atoms with Crippen molar-refractivity contribution in [3.63, 3.8) is 0 Å². The summed E-state index contributed by atoms with van der Waals surface area (Å²) in [5.41, 5.74) is 8.47. The molecule has 3 N–H and O–H groups in total. The number of hydrogen-bond acceptors (Lipinski definition) is 2. The zero-order valence-electron chi connectivity index (χ0n) is 15.2. The quantitative estimate of drug-likeness (QED) is 0.445. The summed E-state index contributed by atoms with van der Waals surface area (Å²) in [4.78, 5) is 4.93. The molecule has 26 heavy (non-hydrogen) atoms. The van der Waals surface area contributed by atoms with Crippen molar-refractivity contribution in [1.82, 2.24) is 11.1 Å². The zero-order chi connectivity index (χ0) is 16.5. The largest absolute Gasteiger partial charge is 1.00 e. The van der Waals surface area contributed by atoms with Crippen LogP contribution in [0.15, 0.2) is 66.7 Å². The van der Waals surface area contributed by atoms with Gasteiger partial charge in [0, 0.05) is 23.8 Å². The van der Waals surface area contributed by atoms with Crippen LogP contribution in [0.1, 0.15) is 25.0 Å². The van der Waals surface area contributed by atoms with E-state index in [4.69, 9.17) is 4.98 Å². The van der Waals surface area contributed by atoms with E-state index >= 15 is 0 Å². The second-order valence-corrected chi connectivity index (χ2v) is 6.05. The van der Waals surface area contributed by atoms with Gasteiger partial charge in [-0.15, -0.1) is 4.57 Å². The maximum atomic E-state index is 4.93. The predicted octanol–water partition coefficient (Wildman–Crippen LogP) is 1.96. The van der Waals surface area contributed by atoms with Gasteiger partial charge in [0.05, 0.1) is 0 Å². The summed E-state index contributed by atoms with van der Waals surface area (Å²) in [6.45, 7) is 4.46. The zero-order valence-corrected chi connectivity index (χ0v) is 16.0. The summed E-state index contributed by atoms with van der Waals surface area (Å²) >= 11 is 0. The predicted molar refractivity (Wildman–Crippen MR) is 105 cm³/mol. The van der Waals surface area contributed by atoms with Crippen LogP contribution in [0.25, 0.3) is 27.8 Å². The molecule has 0 amide bonds. The van der Waals surface area contributed by atoms with Gasteiger partial charge in [-0.1, -0.05) is 50.2 Å². The summed E-state index contributed by atoms with van der Waals surface area (Å²) in [6.07, 6.45) is 2.05. The van der Waals surface area contributed by atoms with Crippen molar-refractivity contribution >= 4 is 22.1 Å². The monoisotopic (exact) mass is 365 g/mol. The molecule has 4 heteroatoms. The van der Waals surface area contributed by atoms with Crippen LogP contribution in [0.2, 0.25) is 0 Å². The van der Waals surface area contributed by atoms with Crippen molar-refractivity contribution in [2.75, 3.05) is 0 Å². The first-order chi connectivity index (χ1) is 11.8. The van der Waals surface area contributed by atoms with E-state index < -0.39 is 0 Å². The lowest BCUT2D eigenvalue weighted by molar-refractivity contribution is -0.538. The first kappa shape index (κ1) is 19.8. The molecule has 4 rings (SSSR count). The van der Waals surface area contributed by atoms with Gasteiger partial charge in [0.1, 0.15) is 11.0 Å². The third-order valence-corrected chi connectivity index (χ3v) is 4.69. The fourth-order valence-corrected chi connectivity index (χ4v) is 3.57. The van der Waals surface area contributed by atoms with Crippen LogP contribution in [-0.2, 0) is 12.8 Å². The maximum absolute atomic E-state index is 4.93. The van der Waals surface area contributed by atoms with Crippen LogP contribution in [0.5, 0.6) is 0 Å². The molecular formula is C22H24ClN3. The molecule has 0 saturated carbocycles. The van der Waals surface area contributed by atoms with Crippen LogP contribution < -0.4 is 23.1 Å². The number of para-hydroxylation sites is 3. The average Bonchev–Trinajstić information content (AvgIpc) is 2.65. The Morgan fingerprint density at radius 3 is 2.15 bits per heavy atom. The van der Waals surface area contributed by atoms with Crippen LogP contribution in [0, 0.1) is 0 Å². The number of halogens is 1. The van der Waals surface area contributed by atoms with Crippen molar-refractivity contribution in [2.45, 2.75) is 26.7 Å². The molecular weight excluding hydrogens is 342 g/mol. The molecule has 0 atom stereocenters. The molecule has 0 fully saturated rings. The normalized spacial score (nSPS) is 10.4. The number of rotatable bonds is 3. The van der Waals surface area contributed by atoms with Gasteiger partial charge < -0.3 is 18.6 Å². The third-order valence-electron chi connectivity index (χ3n) is 4.69. The number of aryl methyl sites for hydroxylation is 2. The van der Waals surface area contributed by atoms with E-state index in [9.17, 15) is 0 Å². The minimum absolute atomic E-state index is 0. The lowest BCUT2D eigenvalue weighted by Crippen LogP contribution is -3.00. The summed E-state index contributed by atoms with van der Waals surface area (Å²) in [5, 5.41) is 0. The highest BCUT2D eigenvalue weighted by atomic mass is 35.5. The second kappa shape index (κ2) is 8.26. The minimum atomic E-state index is 0. The molecule has 0 aliphatic carbocycles. The molecule has 0 radical (unpaired) electrons. The van der Waals surface area contributed by atoms with Crippen molar-refractivity contribution in [1.29, 1.82) is 0 Å². The average molecular weight is 366 g/mol. The van der Waals surface area contributed by atoms with E-state index in [-0.39, 0.29) is 18.6 Å². The SMILES string of the molecule is CCc1ccc2nc3ccccc3[n+](-c3ccccc3)c2c1CC.N.[Cl-]. The minimum Gasteiger partial charge on any atom is -1.00 e. The first-order valence-electron chi connectivity index (χ1n) is 8.64. The van der Waals surface area contributed by atoms with Crippen LogP contribution in [0.3, 0.4) is 0 Å². The smallest absolute Gasteiger partial charge is 0.241 e. The lowest BCUT2D eigenvalue weighted by Gasteiger charge is -2.11. The van der Waals surface area contributed by atoms with Crippen LogP contribution >= 0.6 is 0 Å². The molecule has 0 bridgehead atoms. The molecule has 0 unspecified atom stereocenters. The van der Waals surface area contributed by atoms with Gasteiger partial charge in [-0.2, -0.15) is 0 Å². The van der Waals surface area contributed by atoms with E-state index in [1.807, 2.05) is 0 Å². The highest BCUT2D eigenvalue weighted by Crippen LogP contribution is 2.24. The Morgan fingerprint density at radius 2 is 1.46 bits per heavy atom. The third kappa shape index (κ3) is 3.16. The second-order valence-electron chi connectivity index (χ2n) is 6.05. The van der Waals surface area contributed by atoms with Crippen LogP contribution in [-0.4, -0.2) is 4.98 Å². The van der Waals surface area contributed by atoms with E-state index in [1.54, 1.807) is 0 Å². The van der Waals surface area contributed by atoms with Gasteiger partial charge in [-0.05, 0) is 30.5 Å². The summed E-state index contributed by atoms with van der Waals surface area (Å²) in [6, 6.07) is 23.4. The highest BCUT2D eigenvalue weighted by molar-refractivity contribution is 5.84. The van der Waals surface area contributed by atoms with E-state index in [1.165, 1.54) is 22.3 Å². The van der Waals surface area contributed by atoms with Crippen molar-refractivity contribution in [3.8, 4) is 5.69 Å². The topological polar surface area (TPSA) is 51.8 Å². The van der Waals surface area contributed by atoms with Gasteiger partial charge >= 0.3 is 0 Å². The first-order valence-corrected chi connectivity index (χ1v) is 8.64. The summed E-state index contributed by atoms with van der Waals surface area (Å²) in [7, 11) is 0. The lowest BCUT2D eigenvalue weighted by atomic mass is 10.00. The molecule has 0 spiro atoms. The number of benzene rings is 3. The Kier molecular flexibility index (Phi) is 6.30. The molecule has 1 aromatic heterocycles. The van der Waals surface area contributed by atoms with Crippen molar-refractivity contribution < 1.29 is 17.0 Å². The van der Waals surface area contributed by atoms with Gasteiger partial charge in [0.25, 0.3) is 0 Å². The summed E-state index contributed by atoms with van der Waals surface area (Å²) in [5.74, 6) is 0. The number of aromatic nitrogens is 2. The molecule has 3 aromatic carbocycles. The number of hydrogen-bond donors (Lipinski definition) is 1. The number of fused-ring (bicyclic) bond motifs is 2. The fraction of sp³-hybridized carbons (Fsp3) is 0.182. The maximum Gasteiger partial charge on any atom is 0.241 e. The highest BCUT2D eigenvalue weighted by Gasteiger charge is 2.22. The standard InChI is InChI=1S/C22H21N2.ClH.H3N/c1-3-16-14-15-20-22(18(16)4-2)24(17-10-6-5-7-11-17)21-13-9-8-12-19(21)23-20;;/h5-15H,3-4H2,1-2H3;1H;1H3/q+1;;/p-1. The Labute approximate surface area is 160 Å². The molecule has 4 aromatic rings. The van der Waals surface area contributed by atoms with Gasteiger partial charge in [-0.3, -0.25) is 0 Å². The molecule has 0 aliphatic rings. The molecule has 0 aliphatic heterocycles. The summed E-state index contributed by atoms with van der Waals surface area (Å²) < 4.78 is 2.37. The molecule has 1 heterocycles. The van der Waals surface area contributed by atoms with Crippen LogP contribution in [0.4, 0.5) is 0 Å². The Morgan fingerprint density at radius 1 is 0.769 bits per heavy atom. The Balaban J connectivity index is 0.00000121. The molecule has 134 valence electrons. The Hall–Kier alpha value is -2.49. The van der Waals surface area contributed by atoms with E-state index in [0.29, 0.717) is 0 Å². The fourth-order valence-electron chi connectivity index (χ4n) is 3.57. The van der Waals surface area contributed by atoms with E-state index in [2.05, 4.69) is 85.1 Å². The molecule has 3 nitrogen and oxygen atoms in total. The Bertz CT molecular complexity index is 1030. The van der Waals surface area contributed by atoms with Crippen molar-refractivity contribution in [2.24, 2.45) is 0 Å². The molecule has 0 saturated heterocycles. The van der Waals surface area contributed by atoms with E-state index in [0.717, 1.165) is 29.4 Å². The van der Waals surface area contributed by atoms with Gasteiger partial charge in [0.2, 0.25) is 16.7 Å². The van der Waals surface area contributed by atoms with Crippen molar-refractivity contribution in [3.05, 3.63) is 77.9 Å².